The average Bonchev–Trinajstić information content (AvgIpc) is 3.00. The lowest BCUT2D eigenvalue weighted by atomic mass is 10.1. The van der Waals surface area contributed by atoms with Crippen molar-refractivity contribution in [2.75, 3.05) is 20.1 Å². The van der Waals surface area contributed by atoms with Crippen LogP contribution in [0.1, 0.15) is 32.3 Å². The molecule has 6 heteroatoms. The molecular weight excluding hydrogens is 304 g/mol. The van der Waals surface area contributed by atoms with Crippen molar-refractivity contribution >= 4 is 11.9 Å². The van der Waals surface area contributed by atoms with Crippen LogP contribution in [0.5, 0.6) is 5.75 Å². The largest absolute Gasteiger partial charge is 0.488 e. The first-order valence-electron chi connectivity index (χ1n) is 8.60. The number of carbonyl (C=O) groups is 1. The quantitative estimate of drug-likeness (QED) is 0.522. The van der Waals surface area contributed by atoms with Crippen LogP contribution in [0, 0.1) is 0 Å². The van der Waals surface area contributed by atoms with E-state index in [-0.39, 0.29) is 18.1 Å². The normalized spacial score (nSPS) is 17.6. The van der Waals surface area contributed by atoms with E-state index in [9.17, 15) is 4.79 Å². The Labute approximate surface area is 144 Å². The number of ether oxygens (including phenoxy) is 1. The second-order valence-corrected chi connectivity index (χ2v) is 6.06. The minimum absolute atomic E-state index is 0.0573. The van der Waals surface area contributed by atoms with E-state index in [0.717, 1.165) is 18.6 Å². The Morgan fingerprint density at radius 2 is 2.17 bits per heavy atom. The zero-order valence-electron chi connectivity index (χ0n) is 14.8. The molecule has 1 amide bonds. The van der Waals surface area contributed by atoms with Crippen molar-refractivity contribution in [2.24, 2.45) is 4.99 Å². The van der Waals surface area contributed by atoms with Crippen LogP contribution in [0.2, 0.25) is 0 Å². The maximum absolute atomic E-state index is 11.7. The van der Waals surface area contributed by atoms with E-state index in [1.54, 1.807) is 7.05 Å². The van der Waals surface area contributed by atoms with Gasteiger partial charge in [0.05, 0.1) is 6.54 Å². The number of rotatable bonds is 7. The van der Waals surface area contributed by atoms with Gasteiger partial charge >= 0.3 is 0 Å². The third-order valence-electron chi connectivity index (χ3n) is 4.10. The van der Waals surface area contributed by atoms with Crippen molar-refractivity contribution in [1.82, 2.24) is 16.0 Å². The molecule has 2 atom stereocenters. The van der Waals surface area contributed by atoms with Crippen molar-refractivity contribution in [3.8, 4) is 5.75 Å². The molecule has 24 heavy (non-hydrogen) atoms. The number of amides is 1. The third-order valence-corrected chi connectivity index (χ3v) is 4.10. The number of carbonyl (C=O) groups excluding carboxylic acids is 1. The van der Waals surface area contributed by atoms with Gasteiger partial charge in [-0.05, 0) is 25.0 Å². The monoisotopic (exact) mass is 332 g/mol. The van der Waals surface area contributed by atoms with Crippen LogP contribution in [-0.2, 0) is 11.2 Å². The molecule has 6 nitrogen and oxygen atoms in total. The van der Waals surface area contributed by atoms with E-state index in [1.165, 1.54) is 5.56 Å². The Hall–Kier alpha value is -2.24. The van der Waals surface area contributed by atoms with Gasteiger partial charge in [0, 0.05) is 32.5 Å². The SMILES string of the molecule is CCC(C)NC(=O)CCNC(=NC)NCC1Cc2ccccc2O1. The number of nitrogens with one attached hydrogen (secondary N) is 3. The lowest BCUT2D eigenvalue weighted by molar-refractivity contribution is -0.121. The Morgan fingerprint density at radius 3 is 2.88 bits per heavy atom. The molecule has 1 aromatic rings. The highest BCUT2D eigenvalue weighted by Gasteiger charge is 2.22. The molecule has 2 unspecified atom stereocenters. The molecule has 1 aromatic carbocycles. The van der Waals surface area contributed by atoms with E-state index in [0.29, 0.717) is 25.5 Å². The second kappa shape index (κ2) is 9.15. The molecule has 0 saturated carbocycles. The van der Waals surface area contributed by atoms with Gasteiger partial charge in [0.1, 0.15) is 11.9 Å². The van der Waals surface area contributed by atoms with Gasteiger partial charge in [-0.3, -0.25) is 9.79 Å². The highest BCUT2D eigenvalue weighted by Crippen LogP contribution is 2.27. The number of guanidine groups is 1. The van der Waals surface area contributed by atoms with Crippen molar-refractivity contribution in [1.29, 1.82) is 0 Å². The molecule has 0 saturated heterocycles. The Balaban J connectivity index is 1.66. The number of para-hydroxylation sites is 1. The molecule has 3 N–H and O–H groups in total. The molecule has 2 rings (SSSR count). The van der Waals surface area contributed by atoms with Gasteiger partial charge in [0.25, 0.3) is 0 Å². The lowest BCUT2D eigenvalue weighted by Crippen LogP contribution is -2.43. The summed E-state index contributed by atoms with van der Waals surface area (Å²) in [5, 5.41) is 9.36. The van der Waals surface area contributed by atoms with E-state index in [2.05, 4.69) is 33.9 Å². The van der Waals surface area contributed by atoms with Crippen LogP contribution < -0.4 is 20.7 Å². The fourth-order valence-electron chi connectivity index (χ4n) is 2.54. The first-order valence-corrected chi connectivity index (χ1v) is 8.60. The van der Waals surface area contributed by atoms with Crippen LogP contribution in [-0.4, -0.2) is 44.1 Å². The van der Waals surface area contributed by atoms with Gasteiger partial charge in [0.2, 0.25) is 5.91 Å². The minimum Gasteiger partial charge on any atom is -0.488 e. The number of fused-ring (bicyclic) bond motifs is 1. The molecule has 0 bridgehead atoms. The summed E-state index contributed by atoms with van der Waals surface area (Å²) in [6, 6.07) is 8.33. The molecule has 1 aliphatic heterocycles. The number of hydrogen-bond acceptors (Lipinski definition) is 3. The van der Waals surface area contributed by atoms with E-state index >= 15 is 0 Å². The fraction of sp³-hybridized carbons (Fsp3) is 0.556. The summed E-state index contributed by atoms with van der Waals surface area (Å²) in [6.45, 7) is 5.28. The van der Waals surface area contributed by atoms with Crippen molar-refractivity contribution < 1.29 is 9.53 Å². The highest BCUT2D eigenvalue weighted by atomic mass is 16.5. The molecule has 0 aromatic heterocycles. The third kappa shape index (κ3) is 5.44. The van der Waals surface area contributed by atoms with Gasteiger partial charge in [-0.15, -0.1) is 0 Å². The minimum atomic E-state index is 0.0573. The zero-order valence-corrected chi connectivity index (χ0v) is 14.8. The van der Waals surface area contributed by atoms with Gasteiger partial charge < -0.3 is 20.7 Å². The molecule has 0 fully saturated rings. The predicted molar refractivity (Wildman–Crippen MR) is 96.4 cm³/mol. The first-order chi connectivity index (χ1) is 11.6. The fourth-order valence-corrected chi connectivity index (χ4v) is 2.54. The van der Waals surface area contributed by atoms with Crippen LogP contribution in [0.4, 0.5) is 0 Å². The summed E-state index contributed by atoms with van der Waals surface area (Å²) in [5.41, 5.74) is 1.24. The first kappa shape index (κ1) is 18.1. The average molecular weight is 332 g/mol. The van der Waals surface area contributed by atoms with Crippen LogP contribution in [0.15, 0.2) is 29.3 Å². The van der Waals surface area contributed by atoms with Gasteiger partial charge in [-0.1, -0.05) is 25.1 Å². The Kier molecular flexibility index (Phi) is 6.90. The number of hydrogen-bond donors (Lipinski definition) is 3. The Morgan fingerprint density at radius 1 is 1.38 bits per heavy atom. The molecular formula is C18H28N4O2. The highest BCUT2D eigenvalue weighted by molar-refractivity contribution is 5.81. The van der Waals surface area contributed by atoms with Gasteiger partial charge in [-0.25, -0.2) is 0 Å². The lowest BCUT2D eigenvalue weighted by Gasteiger charge is -2.16. The summed E-state index contributed by atoms with van der Waals surface area (Å²) >= 11 is 0. The maximum Gasteiger partial charge on any atom is 0.221 e. The van der Waals surface area contributed by atoms with Crippen molar-refractivity contribution in [3.05, 3.63) is 29.8 Å². The topological polar surface area (TPSA) is 74.8 Å². The van der Waals surface area contributed by atoms with E-state index in [4.69, 9.17) is 4.74 Å². The van der Waals surface area contributed by atoms with Crippen molar-refractivity contribution in [3.63, 3.8) is 0 Å². The summed E-state index contributed by atoms with van der Waals surface area (Å²) in [5.74, 6) is 1.71. The number of benzene rings is 1. The molecule has 0 radical (unpaired) electrons. The summed E-state index contributed by atoms with van der Waals surface area (Å²) in [4.78, 5) is 15.9. The van der Waals surface area contributed by atoms with Crippen molar-refractivity contribution in [2.45, 2.75) is 45.3 Å². The summed E-state index contributed by atoms with van der Waals surface area (Å²) < 4.78 is 5.89. The summed E-state index contributed by atoms with van der Waals surface area (Å²) in [7, 11) is 1.72. The van der Waals surface area contributed by atoms with E-state index < -0.39 is 0 Å². The smallest absolute Gasteiger partial charge is 0.221 e. The second-order valence-electron chi connectivity index (χ2n) is 6.06. The van der Waals surface area contributed by atoms with Crippen LogP contribution >= 0.6 is 0 Å². The predicted octanol–water partition coefficient (Wildman–Crippen LogP) is 1.46. The van der Waals surface area contributed by atoms with Crippen LogP contribution in [0.25, 0.3) is 0 Å². The van der Waals surface area contributed by atoms with E-state index in [1.807, 2.05) is 25.1 Å². The molecule has 0 aliphatic carbocycles. The Bertz CT molecular complexity index is 549. The standard InChI is InChI=1S/C18H28N4O2/c1-4-13(2)22-17(23)9-10-20-18(19-3)21-12-15-11-14-7-5-6-8-16(14)24-15/h5-8,13,15H,4,9-12H2,1-3H3,(H,22,23)(H2,19,20,21). The molecule has 1 aliphatic rings. The molecule has 0 spiro atoms. The molecule has 1 heterocycles. The molecule has 132 valence electrons. The zero-order chi connectivity index (χ0) is 17.4. The summed E-state index contributed by atoms with van der Waals surface area (Å²) in [6.07, 6.45) is 2.37. The van der Waals surface area contributed by atoms with Gasteiger partial charge in [-0.2, -0.15) is 0 Å². The maximum atomic E-state index is 11.7. The number of nitrogens with zero attached hydrogens (tertiary/aromatic N) is 1. The van der Waals surface area contributed by atoms with Crippen LogP contribution in [0.3, 0.4) is 0 Å². The van der Waals surface area contributed by atoms with Gasteiger partial charge in [0.15, 0.2) is 5.96 Å². The number of aliphatic imine (C=N–C) groups is 1.